The second-order valence-electron chi connectivity index (χ2n) is 3.71. The minimum atomic E-state index is -3.92. The van der Waals surface area contributed by atoms with Crippen LogP contribution in [-0.2, 0) is 10.0 Å². The van der Waals surface area contributed by atoms with Gasteiger partial charge in [0.2, 0.25) is 10.0 Å². The van der Waals surface area contributed by atoms with Crippen LogP contribution in [0.4, 0.5) is 5.69 Å². The molecule has 1 rings (SSSR count). The number of halogens is 1. The Morgan fingerprint density at radius 3 is 2.32 bits per heavy atom. The molecule has 0 bridgehead atoms. The Labute approximate surface area is 120 Å². The summed E-state index contributed by atoms with van der Waals surface area (Å²) in [6.07, 6.45) is 0. The van der Waals surface area contributed by atoms with E-state index in [1.807, 2.05) is 0 Å². The Morgan fingerprint density at radius 1 is 1.32 bits per heavy atom. The van der Waals surface area contributed by atoms with E-state index in [-0.39, 0.29) is 18.0 Å². The van der Waals surface area contributed by atoms with Crippen molar-refractivity contribution >= 4 is 31.6 Å². The summed E-state index contributed by atoms with van der Waals surface area (Å²) in [5.74, 6) is 0. The topological polar surface area (TPSA) is 111 Å². The predicted octanol–water partition coefficient (Wildman–Crippen LogP) is 1.38. The van der Waals surface area contributed by atoms with Crippen LogP contribution in [0.2, 0.25) is 0 Å². The van der Waals surface area contributed by atoms with E-state index in [1.165, 1.54) is 6.07 Å². The summed E-state index contributed by atoms with van der Waals surface area (Å²) < 4.78 is 26.1. The second kappa shape index (κ2) is 6.02. The van der Waals surface area contributed by atoms with Gasteiger partial charge in [-0.3, -0.25) is 0 Å². The lowest BCUT2D eigenvalue weighted by atomic mass is 10.2. The minimum Gasteiger partial charge on any atom is -0.398 e. The number of nitrogens with two attached hydrogens (primary N) is 1. The maximum atomic E-state index is 12.4. The predicted molar refractivity (Wildman–Crippen MR) is 73.3 cm³/mol. The minimum absolute atomic E-state index is 0.00937. The van der Waals surface area contributed by atoms with Crippen LogP contribution in [0.5, 0.6) is 0 Å². The summed E-state index contributed by atoms with van der Waals surface area (Å²) >= 11 is 3.17. The first-order chi connectivity index (χ1) is 8.84. The molecule has 6 nitrogen and oxygen atoms in total. The zero-order valence-electron chi connectivity index (χ0n) is 10.1. The SMILES string of the molecule is Cc1c(N)cc(Br)cc1S(=O)(=O)N(CC#N)CC#N. The number of hydrogen-bond donors (Lipinski definition) is 1. The van der Waals surface area contributed by atoms with Gasteiger partial charge in [-0.15, -0.1) is 0 Å². The molecular weight excluding hydrogens is 332 g/mol. The van der Waals surface area contributed by atoms with Gasteiger partial charge in [-0.1, -0.05) is 15.9 Å². The van der Waals surface area contributed by atoms with E-state index in [0.717, 1.165) is 4.31 Å². The highest BCUT2D eigenvalue weighted by Gasteiger charge is 2.26. The van der Waals surface area contributed by atoms with Crippen molar-refractivity contribution in [2.75, 3.05) is 18.8 Å². The average Bonchev–Trinajstić information content (AvgIpc) is 2.33. The van der Waals surface area contributed by atoms with Crippen LogP contribution in [-0.4, -0.2) is 25.8 Å². The third-order valence-electron chi connectivity index (χ3n) is 2.48. The highest BCUT2D eigenvalue weighted by atomic mass is 79.9. The van der Waals surface area contributed by atoms with Crippen LogP contribution in [0.1, 0.15) is 5.56 Å². The van der Waals surface area contributed by atoms with E-state index < -0.39 is 10.0 Å². The molecule has 8 heteroatoms. The fourth-order valence-corrected chi connectivity index (χ4v) is 3.61. The average molecular weight is 343 g/mol. The quantitative estimate of drug-likeness (QED) is 0.656. The zero-order chi connectivity index (χ0) is 14.6. The summed E-state index contributed by atoms with van der Waals surface area (Å²) in [5, 5.41) is 17.3. The van der Waals surface area contributed by atoms with Gasteiger partial charge in [-0.05, 0) is 24.6 Å². The Hall–Kier alpha value is -1.61. The van der Waals surface area contributed by atoms with E-state index in [2.05, 4.69) is 15.9 Å². The summed E-state index contributed by atoms with van der Waals surface area (Å²) in [6.45, 7) is 0.801. The highest BCUT2D eigenvalue weighted by molar-refractivity contribution is 9.10. The molecule has 0 fully saturated rings. The monoisotopic (exact) mass is 342 g/mol. The van der Waals surface area contributed by atoms with Crippen molar-refractivity contribution in [2.45, 2.75) is 11.8 Å². The number of anilines is 1. The Balaban J connectivity index is 3.43. The van der Waals surface area contributed by atoms with Gasteiger partial charge in [0.1, 0.15) is 13.1 Å². The molecule has 0 aliphatic rings. The van der Waals surface area contributed by atoms with Crippen LogP contribution in [0, 0.1) is 29.6 Å². The molecule has 19 heavy (non-hydrogen) atoms. The van der Waals surface area contributed by atoms with Gasteiger partial charge in [0.05, 0.1) is 17.0 Å². The fourth-order valence-electron chi connectivity index (χ4n) is 1.46. The first kappa shape index (κ1) is 15.4. The molecule has 100 valence electrons. The van der Waals surface area contributed by atoms with Crippen molar-refractivity contribution in [3.8, 4) is 12.1 Å². The van der Waals surface area contributed by atoms with Crippen LogP contribution < -0.4 is 5.73 Å². The molecule has 0 unspecified atom stereocenters. The van der Waals surface area contributed by atoms with Crippen molar-refractivity contribution in [1.82, 2.24) is 4.31 Å². The van der Waals surface area contributed by atoms with Gasteiger partial charge in [0.25, 0.3) is 0 Å². The largest absolute Gasteiger partial charge is 0.398 e. The second-order valence-corrected chi connectivity index (χ2v) is 6.53. The van der Waals surface area contributed by atoms with E-state index in [4.69, 9.17) is 16.3 Å². The zero-order valence-corrected chi connectivity index (χ0v) is 12.5. The van der Waals surface area contributed by atoms with E-state index in [1.54, 1.807) is 25.1 Å². The molecule has 0 aliphatic carbocycles. The number of sulfonamides is 1. The van der Waals surface area contributed by atoms with Crippen molar-refractivity contribution in [1.29, 1.82) is 10.5 Å². The van der Waals surface area contributed by atoms with Crippen LogP contribution in [0.15, 0.2) is 21.5 Å². The summed E-state index contributed by atoms with van der Waals surface area (Å²) in [5.41, 5.74) is 6.44. The third-order valence-corrected chi connectivity index (χ3v) is 4.85. The van der Waals surface area contributed by atoms with Gasteiger partial charge in [-0.2, -0.15) is 14.8 Å². The molecule has 0 aromatic heterocycles. The maximum absolute atomic E-state index is 12.4. The Kier molecular flexibility index (Phi) is 4.90. The summed E-state index contributed by atoms with van der Waals surface area (Å²) in [7, 11) is -3.92. The molecule has 0 heterocycles. The van der Waals surface area contributed by atoms with Gasteiger partial charge in [0.15, 0.2) is 0 Å². The molecule has 0 atom stereocenters. The third kappa shape index (κ3) is 3.24. The van der Waals surface area contributed by atoms with Crippen molar-refractivity contribution < 1.29 is 8.42 Å². The summed E-state index contributed by atoms with van der Waals surface area (Å²) in [6, 6.07) is 6.46. The Morgan fingerprint density at radius 2 is 1.84 bits per heavy atom. The van der Waals surface area contributed by atoms with E-state index in [9.17, 15) is 8.42 Å². The van der Waals surface area contributed by atoms with Gasteiger partial charge in [0, 0.05) is 10.2 Å². The molecular formula is C11H11BrN4O2S. The van der Waals surface area contributed by atoms with Gasteiger partial charge >= 0.3 is 0 Å². The molecule has 1 aromatic rings. The lowest BCUT2D eigenvalue weighted by Crippen LogP contribution is -2.32. The van der Waals surface area contributed by atoms with Crippen molar-refractivity contribution in [3.63, 3.8) is 0 Å². The van der Waals surface area contributed by atoms with Gasteiger partial charge < -0.3 is 5.73 Å². The number of benzene rings is 1. The highest BCUT2D eigenvalue weighted by Crippen LogP contribution is 2.28. The number of rotatable bonds is 4. The van der Waals surface area contributed by atoms with Gasteiger partial charge in [-0.25, -0.2) is 8.42 Å². The smallest absolute Gasteiger partial charge is 0.245 e. The van der Waals surface area contributed by atoms with Crippen molar-refractivity contribution in [2.24, 2.45) is 0 Å². The van der Waals surface area contributed by atoms with E-state index >= 15 is 0 Å². The molecule has 0 radical (unpaired) electrons. The van der Waals surface area contributed by atoms with Crippen LogP contribution in [0.3, 0.4) is 0 Å². The standard InChI is InChI=1S/C11H11BrN4O2S/c1-8-10(15)6-9(12)7-11(8)19(17,18)16(4-2-13)5-3-14/h6-7H,4-5,15H2,1H3. The lowest BCUT2D eigenvalue weighted by molar-refractivity contribution is 0.479. The molecule has 0 spiro atoms. The van der Waals surface area contributed by atoms with Crippen LogP contribution >= 0.6 is 15.9 Å². The maximum Gasteiger partial charge on any atom is 0.245 e. The Bertz CT molecular complexity index is 657. The number of nitrogens with zero attached hydrogens (tertiary/aromatic N) is 3. The first-order valence-electron chi connectivity index (χ1n) is 5.14. The van der Waals surface area contributed by atoms with Crippen molar-refractivity contribution in [3.05, 3.63) is 22.2 Å². The first-order valence-corrected chi connectivity index (χ1v) is 7.37. The number of nitrogen functional groups attached to an aromatic ring is 1. The molecule has 0 amide bonds. The summed E-state index contributed by atoms with van der Waals surface area (Å²) in [4.78, 5) is -0.00937. The normalized spacial score (nSPS) is 11.0. The lowest BCUT2D eigenvalue weighted by Gasteiger charge is -2.18. The molecule has 0 saturated heterocycles. The van der Waals surface area contributed by atoms with Crippen LogP contribution in [0.25, 0.3) is 0 Å². The molecule has 1 aromatic carbocycles. The molecule has 2 N–H and O–H groups in total. The number of hydrogen-bond acceptors (Lipinski definition) is 5. The fraction of sp³-hybridized carbons (Fsp3) is 0.273. The molecule has 0 aliphatic heterocycles. The molecule has 0 saturated carbocycles. The number of nitriles is 2. The van der Waals surface area contributed by atoms with E-state index in [0.29, 0.717) is 15.7 Å².